The Kier molecular flexibility index (Phi) is 4.57. The summed E-state index contributed by atoms with van der Waals surface area (Å²) in [5.74, 6) is 2.56. The second-order valence-corrected chi connectivity index (χ2v) is 7.57. The molecule has 0 saturated carbocycles. The number of anilines is 2. The molecule has 1 atom stereocenters. The number of nitrogens with zero attached hydrogens (tertiary/aromatic N) is 5. The maximum absolute atomic E-state index is 4.62. The Labute approximate surface area is 155 Å². The molecule has 0 radical (unpaired) electrons. The lowest BCUT2D eigenvalue weighted by Gasteiger charge is -2.31. The van der Waals surface area contributed by atoms with Crippen LogP contribution in [0.15, 0.2) is 41.4 Å². The maximum atomic E-state index is 4.62. The summed E-state index contributed by atoms with van der Waals surface area (Å²) in [6.07, 6.45) is 8.20. The van der Waals surface area contributed by atoms with Gasteiger partial charge in [0.1, 0.15) is 23.6 Å². The fourth-order valence-electron chi connectivity index (χ4n) is 3.30. The summed E-state index contributed by atoms with van der Waals surface area (Å²) >= 11 is 3.48. The zero-order chi connectivity index (χ0) is 17.2. The van der Waals surface area contributed by atoms with Crippen LogP contribution >= 0.6 is 15.9 Å². The molecule has 1 aliphatic heterocycles. The summed E-state index contributed by atoms with van der Waals surface area (Å²) < 4.78 is 3.05. The Morgan fingerprint density at radius 1 is 1.28 bits per heavy atom. The van der Waals surface area contributed by atoms with Crippen molar-refractivity contribution >= 4 is 33.2 Å². The number of piperidine rings is 1. The molecule has 0 spiro atoms. The molecular formula is C18H21BrN6. The standard InChI is InChI=1S/C18H21BrN6/c1-13-3-2-6-24(9-13)18-7-16(21-12-22-18)20-8-15-11-25-10-14(19)4-5-17(25)23-15/h4-5,7,10-13H,2-3,6,8-9H2,1H3,(H,20,21,22). The van der Waals surface area contributed by atoms with E-state index in [4.69, 9.17) is 0 Å². The van der Waals surface area contributed by atoms with Gasteiger partial charge in [-0.2, -0.15) is 0 Å². The minimum atomic E-state index is 0.631. The van der Waals surface area contributed by atoms with Crippen molar-refractivity contribution in [3.05, 3.63) is 47.1 Å². The third kappa shape index (κ3) is 3.76. The molecule has 6 nitrogen and oxygen atoms in total. The molecule has 130 valence electrons. The summed E-state index contributed by atoms with van der Waals surface area (Å²) in [4.78, 5) is 15.8. The topological polar surface area (TPSA) is 58.4 Å². The first-order chi connectivity index (χ1) is 12.2. The second-order valence-electron chi connectivity index (χ2n) is 6.65. The van der Waals surface area contributed by atoms with Gasteiger partial charge in [0.2, 0.25) is 0 Å². The van der Waals surface area contributed by atoms with Crippen LogP contribution in [0.4, 0.5) is 11.6 Å². The molecule has 1 unspecified atom stereocenters. The Morgan fingerprint density at radius 3 is 3.08 bits per heavy atom. The highest BCUT2D eigenvalue weighted by atomic mass is 79.9. The van der Waals surface area contributed by atoms with E-state index in [9.17, 15) is 0 Å². The zero-order valence-corrected chi connectivity index (χ0v) is 15.8. The lowest BCUT2D eigenvalue weighted by molar-refractivity contribution is 0.444. The van der Waals surface area contributed by atoms with Gasteiger partial charge in [0, 0.05) is 36.0 Å². The average Bonchev–Trinajstić information content (AvgIpc) is 3.02. The maximum Gasteiger partial charge on any atom is 0.137 e. The van der Waals surface area contributed by atoms with Crippen molar-refractivity contribution in [1.29, 1.82) is 0 Å². The first-order valence-electron chi connectivity index (χ1n) is 8.61. The first kappa shape index (κ1) is 16.3. The molecule has 1 N–H and O–H groups in total. The van der Waals surface area contributed by atoms with Gasteiger partial charge in [-0.3, -0.25) is 0 Å². The lowest BCUT2D eigenvalue weighted by atomic mass is 10.0. The monoisotopic (exact) mass is 400 g/mol. The van der Waals surface area contributed by atoms with Crippen molar-refractivity contribution in [3.8, 4) is 0 Å². The van der Waals surface area contributed by atoms with Crippen molar-refractivity contribution in [2.75, 3.05) is 23.3 Å². The average molecular weight is 401 g/mol. The van der Waals surface area contributed by atoms with Crippen molar-refractivity contribution in [1.82, 2.24) is 19.4 Å². The number of nitrogens with one attached hydrogen (secondary N) is 1. The number of rotatable bonds is 4. The van der Waals surface area contributed by atoms with Gasteiger partial charge >= 0.3 is 0 Å². The van der Waals surface area contributed by atoms with E-state index in [0.29, 0.717) is 6.54 Å². The minimum absolute atomic E-state index is 0.631. The number of hydrogen-bond donors (Lipinski definition) is 1. The van der Waals surface area contributed by atoms with E-state index in [1.54, 1.807) is 6.33 Å². The largest absolute Gasteiger partial charge is 0.364 e. The molecule has 4 rings (SSSR count). The number of fused-ring (bicyclic) bond motifs is 1. The van der Waals surface area contributed by atoms with Gasteiger partial charge in [-0.05, 0) is 46.8 Å². The second kappa shape index (κ2) is 7.00. The van der Waals surface area contributed by atoms with Crippen LogP contribution in [0.2, 0.25) is 0 Å². The predicted molar refractivity (Wildman–Crippen MR) is 103 cm³/mol. The van der Waals surface area contributed by atoms with Crippen LogP contribution in [0.1, 0.15) is 25.5 Å². The zero-order valence-electron chi connectivity index (χ0n) is 14.2. The normalized spacial score (nSPS) is 17.8. The van der Waals surface area contributed by atoms with Gasteiger partial charge in [-0.1, -0.05) is 6.92 Å². The molecule has 1 saturated heterocycles. The molecule has 0 bridgehead atoms. The van der Waals surface area contributed by atoms with Crippen LogP contribution in [0.25, 0.3) is 5.65 Å². The first-order valence-corrected chi connectivity index (χ1v) is 9.41. The molecule has 1 fully saturated rings. The van der Waals surface area contributed by atoms with Crippen LogP contribution in [0.5, 0.6) is 0 Å². The van der Waals surface area contributed by atoms with E-state index < -0.39 is 0 Å². The number of imidazole rings is 1. The van der Waals surface area contributed by atoms with Crippen LogP contribution in [-0.4, -0.2) is 32.4 Å². The molecule has 25 heavy (non-hydrogen) atoms. The summed E-state index contributed by atoms with van der Waals surface area (Å²) in [7, 11) is 0. The summed E-state index contributed by atoms with van der Waals surface area (Å²) in [5.41, 5.74) is 1.91. The number of aromatic nitrogens is 4. The Bertz CT molecular complexity index is 877. The molecule has 1 aliphatic rings. The highest BCUT2D eigenvalue weighted by molar-refractivity contribution is 9.10. The third-order valence-corrected chi connectivity index (χ3v) is 5.02. The highest BCUT2D eigenvalue weighted by Crippen LogP contribution is 2.22. The predicted octanol–water partition coefficient (Wildman–Crippen LogP) is 3.74. The smallest absolute Gasteiger partial charge is 0.137 e. The molecule has 3 aromatic heterocycles. The lowest BCUT2D eigenvalue weighted by Crippen LogP contribution is -2.34. The fourth-order valence-corrected chi connectivity index (χ4v) is 3.65. The molecule has 7 heteroatoms. The van der Waals surface area contributed by atoms with Crippen LogP contribution < -0.4 is 10.2 Å². The van der Waals surface area contributed by atoms with Gasteiger partial charge in [-0.15, -0.1) is 0 Å². The van der Waals surface area contributed by atoms with E-state index >= 15 is 0 Å². The third-order valence-electron chi connectivity index (χ3n) is 4.55. The highest BCUT2D eigenvalue weighted by Gasteiger charge is 2.17. The molecule has 4 heterocycles. The minimum Gasteiger partial charge on any atom is -0.364 e. The summed E-state index contributed by atoms with van der Waals surface area (Å²) in [6.45, 7) is 5.07. The van der Waals surface area contributed by atoms with Crippen molar-refractivity contribution in [2.24, 2.45) is 5.92 Å². The molecule has 0 aliphatic carbocycles. The summed E-state index contributed by atoms with van der Waals surface area (Å²) in [5, 5.41) is 3.36. The van der Waals surface area contributed by atoms with Gasteiger partial charge in [-0.25, -0.2) is 15.0 Å². The number of halogens is 1. The fraction of sp³-hybridized carbons (Fsp3) is 0.389. The van der Waals surface area contributed by atoms with Gasteiger partial charge in [0.25, 0.3) is 0 Å². The van der Waals surface area contributed by atoms with E-state index in [0.717, 1.165) is 46.5 Å². The van der Waals surface area contributed by atoms with E-state index in [1.165, 1.54) is 12.8 Å². The van der Waals surface area contributed by atoms with Crippen molar-refractivity contribution < 1.29 is 0 Å². The number of pyridine rings is 1. The van der Waals surface area contributed by atoms with Gasteiger partial charge < -0.3 is 14.6 Å². The Balaban J connectivity index is 1.46. The molecule has 3 aromatic rings. The van der Waals surface area contributed by atoms with Crippen molar-refractivity contribution in [3.63, 3.8) is 0 Å². The van der Waals surface area contributed by atoms with Gasteiger partial charge in [0.05, 0.1) is 12.2 Å². The Hall–Kier alpha value is -2.15. The summed E-state index contributed by atoms with van der Waals surface area (Å²) in [6, 6.07) is 6.02. The number of hydrogen-bond acceptors (Lipinski definition) is 5. The van der Waals surface area contributed by atoms with E-state index in [1.807, 2.05) is 35.0 Å². The molecule has 0 aromatic carbocycles. The van der Waals surface area contributed by atoms with E-state index in [-0.39, 0.29) is 0 Å². The van der Waals surface area contributed by atoms with Crippen molar-refractivity contribution in [2.45, 2.75) is 26.3 Å². The quantitative estimate of drug-likeness (QED) is 0.722. The van der Waals surface area contributed by atoms with Crippen LogP contribution in [0.3, 0.4) is 0 Å². The van der Waals surface area contributed by atoms with Gasteiger partial charge in [0.15, 0.2) is 0 Å². The molecule has 0 amide bonds. The SMILES string of the molecule is CC1CCCN(c2cc(NCc3cn4cc(Br)ccc4n3)ncn2)C1. The molecular weight excluding hydrogens is 380 g/mol. The Morgan fingerprint density at radius 2 is 2.20 bits per heavy atom. The van der Waals surface area contributed by atoms with E-state index in [2.05, 4.69) is 48.0 Å². The van der Waals surface area contributed by atoms with Crippen LogP contribution in [-0.2, 0) is 6.54 Å². The van der Waals surface area contributed by atoms with Crippen LogP contribution in [0, 0.1) is 5.92 Å².